The number of ether oxygens (including phenoxy) is 2. The van der Waals surface area contributed by atoms with E-state index in [1.165, 1.54) is 45.4 Å². The number of carbonyl (C=O) groups is 1. The van der Waals surface area contributed by atoms with Gasteiger partial charge >= 0.3 is 0 Å². The van der Waals surface area contributed by atoms with Crippen molar-refractivity contribution in [3.8, 4) is 10.4 Å². The molecule has 3 aromatic rings. The van der Waals surface area contributed by atoms with E-state index in [-0.39, 0.29) is 4.21 Å². The Morgan fingerprint density at radius 1 is 1.08 bits per heavy atom. The molecule has 0 bridgehead atoms. The number of hydrogen-bond donors (Lipinski definition) is 1. The van der Waals surface area contributed by atoms with Crippen molar-refractivity contribution in [1.29, 1.82) is 0 Å². The van der Waals surface area contributed by atoms with Gasteiger partial charge in [-0.2, -0.15) is 8.42 Å². The van der Waals surface area contributed by atoms with Crippen LogP contribution in [0.4, 0.5) is 0 Å². The Hall–Kier alpha value is -2.80. The van der Waals surface area contributed by atoms with Crippen LogP contribution in [-0.4, -0.2) is 68.9 Å². The lowest BCUT2D eigenvalue weighted by molar-refractivity contribution is -0.198. The highest BCUT2D eigenvalue weighted by Gasteiger charge is 2.20. The van der Waals surface area contributed by atoms with E-state index >= 15 is 0 Å². The molecule has 9 nitrogen and oxygen atoms in total. The summed E-state index contributed by atoms with van der Waals surface area (Å²) in [5, 5.41) is 0. The highest BCUT2D eigenvalue weighted by Crippen LogP contribution is 2.32. The summed E-state index contributed by atoms with van der Waals surface area (Å²) >= 11 is 1.24. The predicted octanol–water partition coefficient (Wildman–Crippen LogP) is 3.92. The van der Waals surface area contributed by atoms with Crippen molar-refractivity contribution in [2.24, 2.45) is 0 Å². The van der Waals surface area contributed by atoms with Gasteiger partial charge in [0.2, 0.25) is 0 Å². The van der Waals surface area contributed by atoms with E-state index in [1.807, 2.05) is 18.2 Å². The number of thiophene rings is 1. The lowest BCUT2D eigenvalue weighted by Gasteiger charge is -2.26. The number of morpholine rings is 1. The zero-order valence-corrected chi connectivity index (χ0v) is 23.3. The van der Waals surface area contributed by atoms with Crippen LogP contribution >= 0.6 is 11.3 Å². The molecule has 0 saturated carbocycles. The molecule has 2 aliphatic rings. The van der Waals surface area contributed by atoms with Crippen molar-refractivity contribution in [3.05, 3.63) is 72.1 Å². The highest BCUT2D eigenvalue weighted by atomic mass is 32.2. The van der Waals surface area contributed by atoms with Crippen LogP contribution in [-0.2, 0) is 35.5 Å². The first-order valence-corrected chi connectivity index (χ1v) is 15.4. The second kappa shape index (κ2) is 13.0. The van der Waals surface area contributed by atoms with Crippen molar-refractivity contribution < 1.29 is 27.5 Å². The van der Waals surface area contributed by atoms with E-state index in [0.29, 0.717) is 12.2 Å². The molecule has 2 aliphatic heterocycles. The van der Waals surface area contributed by atoms with E-state index in [2.05, 4.69) is 22.5 Å². The van der Waals surface area contributed by atoms with Crippen LogP contribution in [0.1, 0.15) is 30.4 Å². The van der Waals surface area contributed by atoms with Crippen LogP contribution in [0, 0.1) is 0 Å². The molecular formula is C28H33N3O6S2. The molecule has 39 heavy (non-hydrogen) atoms. The lowest BCUT2D eigenvalue weighted by Crippen LogP contribution is -2.37. The number of amides is 1. The monoisotopic (exact) mass is 571 g/mol. The summed E-state index contributed by atoms with van der Waals surface area (Å²) in [5.41, 5.74) is 5.16. The average molecular weight is 572 g/mol. The van der Waals surface area contributed by atoms with E-state index in [0.717, 1.165) is 69.0 Å². The van der Waals surface area contributed by atoms with Gasteiger partial charge in [-0.25, -0.2) is 14.3 Å². The van der Waals surface area contributed by atoms with Gasteiger partial charge in [0.05, 0.1) is 13.2 Å². The Morgan fingerprint density at radius 3 is 2.67 bits per heavy atom. The standard InChI is InChI=1S/C28H33N3O6S2/c32-26(29-37-27-3-1-2-18-36-27)10-6-23-13-15-31(21-23)39(33,34)28-11-9-25(38-28)24-7-4-22(5-8-24)12-14-30-16-19-35-20-17-30/h4-11,13,15,21,27H,1-3,12,14,16-20H2,(H,29,32)/b10-6+. The maximum Gasteiger partial charge on any atom is 0.277 e. The van der Waals surface area contributed by atoms with Crippen LogP contribution in [0.25, 0.3) is 16.5 Å². The van der Waals surface area contributed by atoms with E-state index in [1.54, 1.807) is 12.1 Å². The van der Waals surface area contributed by atoms with Gasteiger partial charge in [-0.05, 0) is 60.2 Å². The second-order valence-corrected chi connectivity index (χ2v) is 12.7. The Kier molecular flexibility index (Phi) is 9.28. The van der Waals surface area contributed by atoms with Crippen LogP contribution in [0.2, 0.25) is 0 Å². The van der Waals surface area contributed by atoms with Gasteiger partial charge in [-0.3, -0.25) is 9.69 Å². The molecule has 1 amide bonds. The molecule has 0 radical (unpaired) electrons. The summed E-state index contributed by atoms with van der Waals surface area (Å²) in [7, 11) is -3.75. The number of nitrogens with zero attached hydrogens (tertiary/aromatic N) is 2. The number of hydroxylamine groups is 1. The Balaban J connectivity index is 1.17. The predicted molar refractivity (Wildman–Crippen MR) is 150 cm³/mol. The Bertz CT molecular complexity index is 1370. The smallest absolute Gasteiger partial charge is 0.277 e. The Morgan fingerprint density at radius 2 is 1.90 bits per heavy atom. The summed E-state index contributed by atoms with van der Waals surface area (Å²) in [6, 6.07) is 13.4. The summed E-state index contributed by atoms with van der Waals surface area (Å²) < 4.78 is 38.7. The van der Waals surface area contributed by atoms with Gasteiger partial charge in [0, 0.05) is 56.0 Å². The van der Waals surface area contributed by atoms with Crippen molar-refractivity contribution in [2.75, 3.05) is 39.5 Å². The molecule has 2 aromatic heterocycles. The largest absolute Gasteiger partial charge is 0.379 e. The zero-order chi connectivity index (χ0) is 27.1. The third kappa shape index (κ3) is 7.44. The minimum Gasteiger partial charge on any atom is -0.379 e. The van der Waals surface area contributed by atoms with E-state index < -0.39 is 22.2 Å². The molecule has 1 unspecified atom stereocenters. The SMILES string of the molecule is O=C(/C=C/c1ccn(S(=O)(=O)c2ccc(-c3ccc(CCN4CCOCC4)cc3)s2)c1)NOC1CCCCO1. The molecular weight excluding hydrogens is 538 g/mol. The normalized spacial score (nSPS) is 18.9. The molecule has 0 spiro atoms. The third-order valence-corrected chi connectivity index (χ3v) is 9.96. The first kappa shape index (κ1) is 27.8. The van der Waals surface area contributed by atoms with E-state index in [4.69, 9.17) is 14.3 Å². The first-order valence-electron chi connectivity index (χ1n) is 13.2. The third-order valence-electron chi connectivity index (χ3n) is 6.72. The number of carbonyl (C=O) groups excluding carboxylic acids is 1. The molecule has 1 N–H and O–H groups in total. The maximum absolute atomic E-state index is 13.2. The number of nitrogens with one attached hydrogen (secondary N) is 1. The van der Waals surface area contributed by atoms with Crippen molar-refractivity contribution >= 4 is 33.3 Å². The topological polar surface area (TPSA) is 99.1 Å². The van der Waals surface area contributed by atoms with Gasteiger partial charge < -0.3 is 9.47 Å². The average Bonchev–Trinajstić information content (AvgIpc) is 3.67. The molecule has 11 heteroatoms. The van der Waals surface area contributed by atoms with Gasteiger partial charge in [-0.15, -0.1) is 11.3 Å². The van der Waals surface area contributed by atoms with Crippen molar-refractivity contribution in [1.82, 2.24) is 14.4 Å². The number of hydrogen-bond acceptors (Lipinski definition) is 8. The number of aromatic nitrogens is 1. The molecule has 208 valence electrons. The minimum absolute atomic E-state index is 0.249. The first-order chi connectivity index (χ1) is 19.0. The summed E-state index contributed by atoms with van der Waals surface area (Å²) in [6.07, 6.45) is 9.03. The fourth-order valence-corrected chi connectivity index (χ4v) is 7.06. The minimum atomic E-state index is -3.75. The van der Waals surface area contributed by atoms with Gasteiger partial charge in [-0.1, -0.05) is 24.3 Å². The van der Waals surface area contributed by atoms with Crippen LogP contribution in [0.15, 0.2) is 65.1 Å². The highest BCUT2D eigenvalue weighted by molar-refractivity contribution is 7.92. The molecule has 4 heterocycles. The van der Waals surface area contributed by atoms with Crippen LogP contribution in [0.5, 0.6) is 0 Å². The van der Waals surface area contributed by atoms with Crippen molar-refractivity contribution in [2.45, 2.75) is 36.2 Å². The van der Waals surface area contributed by atoms with Gasteiger partial charge in [0.15, 0.2) is 6.29 Å². The quantitative estimate of drug-likeness (QED) is 0.291. The number of rotatable bonds is 10. The number of benzene rings is 1. The summed E-state index contributed by atoms with van der Waals surface area (Å²) in [6.45, 7) is 5.17. The molecule has 0 aliphatic carbocycles. The zero-order valence-electron chi connectivity index (χ0n) is 21.7. The molecule has 2 saturated heterocycles. The fraction of sp³-hybridized carbons (Fsp3) is 0.393. The van der Waals surface area contributed by atoms with Crippen molar-refractivity contribution in [3.63, 3.8) is 0 Å². The maximum atomic E-state index is 13.2. The van der Waals surface area contributed by atoms with Crippen LogP contribution in [0.3, 0.4) is 0 Å². The van der Waals surface area contributed by atoms with Crippen LogP contribution < -0.4 is 5.48 Å². The second-order valence-electron chi connectivity index (χ2n) is 9.51. The van der Waals surface area contributed by atoms with Gasteiger partial charge in [0.25, 0.3) is 15.9 Å². The molecule has 1 atom stereocenters. The Labute approximate surface area is 233 Å². The molecule has 2 fully saturated rings. The van der Waals surface area contributed by atoms with Gasteiger partial charge in [0.1, 0.15) is 4.21 Å². The molecule has 1 aromatic carbocycles. The fourth-order valence-electron chi connectivity index (χ4n) is 4.44. The lowest BCUT2D eigenvalue weighted by atomic mass is 10.1. The molecule has 5 rings (SSSR count). The summed E-state index contributed by atoms with van der Waals surface area (Å²) in [4.78, 5) is 20.6. The van der Waals surface area contributed by atoms with E-state index in [9.17, 15) is 13.2 Å². The summed E-state index contributed by atoms with van der Waals surface area (Å²) in [5.74, 6) is -0.449.